The van der Waals surface area contributed by atoms with Crippen molar-refractivity contribution in [3.63, 3.8) is 0 Å². The van der Waals surface area contributed by atoms with Crippen LogP contribution in [0.15, 0.2) is 9.85 Å². The van der Waals surface area contributed by atoms with Gasteiger partial charge in [0.25, 0.3) is 0 Å². The molecule has 0 N–H and O–H groups in total. The van der Waals surface area contributed by atoms with Gasteiger partial charge in [-0.25, -0.2) is 9.97 Å². The molecule has 2 rings (SSSR count). The van der Waals surface area contributed by atoms with Gasteiger partial charge in [0, 0.05) is 11.8 Å². The molecule has 2 nitrogen and oxygen atoms in total. The predicted molar refractivity (Wildman–Crippen MR) is 70.9 cm³/mol. The lowest BCUT2D eigenvalue weighted by atomic mass is 10.4. The Morgan fingerprint density at radius 2 is 2.07 bits per heavy atom. The number of aromatic nitrogens is 2. The number of fused-ring (bicyclic) bond motifs is 1. The van der Waals surface area contributed by atoms with Crippen LogP contribution in [0.4, 0.5) is 0 Å². The Labute approximate surface area is 107 Å². The highest BCUT2D eigenvalue weighted by Gasteiger charge is 2.09. The van der Waals surface area contributed by atoms with Crippen molar-refractivity contribution in [1.29, 1.82) is 0 Å². The van der Waals surface area contributed by atoms with Gasteiger partial charge in [-0.1, -0.05) is 32.4 Å². The van der Waals surface area contributed by atoms with E-state index in [1.54, 1.807) is 11.3 Å². The monoisotopic (exact) mass is 306 g/mol. The molecule has 0 aliphatic rings. The highest BCUT2D eigenvalue weighted by atomic mass is 79.9. The van der Waals surface area contributed by atoms with Gasteiger partial charge in [-0.15, -0.1) is 11.3 Å². The molecular formula is C10H12BrClN2S. The van der Waals surface area contributed by atoms with Crippen molar-refractivity contribution in [3.8, 4) is 0 Å². The molecule has 0 atom stereocenters. The lowest BCUT2D eigenvalue weighted by Gasteiger charge is -1.97. The van der Waals surface area contributed by atoms with Crippen molar-refractivity contribution in [2.45, 2.75) is 27.2 Å². The maximum atomic E-state index is 5.99. The van der Waals surface area contributed by atoms with Crippen LogP contribution in [0.1, 0.15) is 26.6 Å². The Morgan fingerprint density at radius 1 is 1.40 bits per heavy atom. The third-order valence-electron chi connectivity index (χ3n) is 1.69. The van der Waals surface area contributed by atoms with Crippen LogP contribution in [-0.2, 0) is 6.42 Å². The summed E-state index contributed by atoms with van der Waals surface area (Å²) in [6, 6.07) is 0. The number of aryl methyl sites for hydroxylation is 1. The molecule has 15 heavy (non-hydrogen) atoms. The molecule has 0 bridgehead atoms. The highest BCUT2D eigenvalue weighted by molar-refractivity contribution is 9.10. The Bertz CT molecular complexity index is 456. The molecule has 5 heteroatoms. The molecule has 0 radical (unpaired) electrons. The van der Waals surface area contributed by atoms with Gasteiger partial charge in [-0.2, -0.15) is 0 Å². The van der Waals surface area contributed by atoms with Crippen molar-refractivity contribution in [2.24, 2.45) is 0 Å². The zero-order valence-corrected chi connectivity index (χ0v) is 12.0. The second-order valence-corrected chi connectivity index (χ2v) is 4.64. The number of rotatable bonds is 1. The molecule has 0 fully saturated rings. The van der Waals surface area contributed by atoms with Crippen LogP contribution in [0.5, 0.6) is 0 Å². The molecule has 0 aliphatic carbocycles. The summed E-state index contributed by atoms with van der Waals surface area (Å²) in [4.78, 5) is 8.56. The fourth-order valence-electron chi connectivity index (χ4n) is 1.06. The highest BCUT2D eigenvalue weighted by Crippen LogP contribution is 2.32. The van der Waals surface area contributed by atoms with E-state index in [0.29, 0.717) is 5.15 Å². The first kappa shape index (κ1) is 12.9. The lowest BCUT2D eigenvalue weighted by Crippen LogP contribution is -1.92. The molecule has 2 aromatic rings. The van der Waals surface area contributed by atoms with E-state index >= 15 is 0 Å². The van der Waals surface area contributed by atoms with Crippen LogP contribution in [-0.4, -0.2) is 9.97 Å². The predicted octanol–water partition coefficient (Wildman–Crippen LogP) is 4.70. The molecule has 2 aromatic heterocycles. The van der Waals surface area contributed by atoms with E-state index in [9.17, 15) is 0 Å². The third-order valence-corrected chi connectivity index (χ3v) is 3.96. The number of thiophene rings is 1. The normalized spacial score (nSPS) is 9.93. The van der Waals surface area contributed by atoms with Gasteiger partial charge in [-0.3, -0.25) is 0 Å². The minimum absolute atomic E-state index is 0.553. The number of hydrogen-bond donors (Lipinski definition) is 0. The van der Waals surface area contributed by atoms with Gasteiger partial charge in [-0.05, 0) is 15.9 Å². The fraction of sp³-hybridized carbons (Fsp3) is 0.400. The Morgan fingerprint density at radius 3 is 2.67 bits per heavy atom. The number of hydrogen-bond acceptors (Lipinski definition) is 3. The number of halogens is 2. The van der Waals surface area contributed by atoms with Crippen LogP contribution in [0.25, 0.3) is 10.2 Å². The van der Waals surface area contributed by atoms with Gasteiger partial charge in [0.1, 0.15) is 11.3 Å². The van der Waals surface area contributed by atoms with E-state index < -0.39 is 0 Å². The molecule has 0 spiro atoms. The first-order chi connectivity index (χ1) is 7.22. The Balaban J connectivity index is 0.000000531. The van der Waals surface area contributed by atoms with Crippen molar-refractivity contribution >= 4 is 49.1 Å². The first-order valence-electron chi connectivity index (χ1n) is 4.81. The molecule has 0 unspecified atom stereocenters. The topological polar surface area (TPSA) is 25.8 Å². The van der Waals surface area contributed by atoms with Crippen molar-refractivity contribution in [1.82, 2.24) is 9.97 Å². The molecule has 0 aliphatic heterocycles. The summed E-state index contributed by atoms with van der Waals surface area (Å²) in [6.07, 6.45) is 0.804. The SMILES string of the molecule is CC.CCc1nc(Cl)c2scc(Br)c2n1. The van der Waals surface area contributed by atoms with E-state index in [0.717, 1.165) is 26.9 Å². The van der Waals surface area contributed by atoms with E-state index in [4.69, 9.17) is 11.6 Å². The summed E-state index contributed by atoms with van der Waals surface area (Å²) < 4.78 is 1.94. The van der Waals surface area contributed by atoms with Gasteiger partial charge in [0.15, 0.2) is 5.15 Å². The quantitative estimate of drug-likeness (QED) is 0.714. The van der Waals surface area contributed by atoms with Crippen LogP contribution in [0.2, 0.25) is 5.15 Å². The molecule has 0 aromatic carbocycles. The minimum atomic E-state index is 0.553. The van der Waals surface area contributed by atoms with Gasteiger partial charge >= 0.3 is 0 Å². The molecular weight excluding hydrogens is 296 g/mol. The van der Waals surface area contributed by atoms with Crippen LogP contribution >= 0.6 is 38.9 Å². The van der Waals surface area contributed by atoms with Crippen LogP contribution < -0.4 is 0 Å². The average molecular weight is 308 g/mol. The smallest absolute Gasteiger partial charge is 0.150 e. The summed E-state index contributed by atoms with van der Waals surface area (Å²) in [6.45, 7) is 6.01. The third kappa shape index (κ3) is 2.68. The summed E-state index contributed by atoms with van der Waals surface area (Å²) in [5.41, 5.74) is 0.918. The summed E-state index contributed by atoms with van der Waals surface area (Å²) in [7, 11) is 0. The second-order valence-electron chi connectivity index (χ2n) is 2.55. The first-order valence-corrected chi connectivity index (χ1v) is 6.86. The maximum absolute atomic E-state index is 5.99. The van der Waals surface area contributed by atoms with Crippen molar-refractivity contribution in [3.05, 3.63) is 20.8 Å². The molecule has 0 saturated carbocycles. The van der Waals surface area contributed by atoms with Crippen molar-refractivity contribution < 1.29 is 0 Å². The molecule has 82 valence electrons. The zero-order chi connectivity index (χ0) is 11.4. The standard InChI is InChI=1S/C8H6BrClN2S.C2H6/c1-2-5-11-6-4(9)3-13-7(6)8(10)12-5;1-2/h3H,2H2,1H3;1-2H3. The average Bonchev–Trinajstić information content (AvgIpc) is 2.64. The van der Waals surface area contributed by atoms with Gasteiger partial charge in [0.05, 0.1) is 9.17 Å². The van der Waals surface area contributed by atoms with E-state index in [1.165, 1.54) is 0 Å². The zero-order valence-electron chi connectivity index (χ0n) is 8.84. The van der Waals surface area contributed by atoms with Crippen molar-refractivity contribution in [2.75, 3.05) is 0 Å². The lowest BCUT2D eigenvalue weighted by molar-refractivity contribution is 0.962. The minimum Gasteiger partial charge on any atom is -0.231 e. The second kappa shape index (κ2) is 5.77. The summed E-state index contributed by atoms with van der Waals surface area (Å²) in [5, 5.41) is 2.53. The molecule has 0 saturated heterocycles. The Hall–Kier alpha value is -0.190. The van der Waals surface area contributed by atoms with Gasteiger partial charge in [0.2, 0.25) is 0 Å². The maximum Gasteiger partial charge on any atom is 0.150 e. The van der Waals surface area contributed by atoms with Crippen LogP contribution in [0.3, 0.4) is 0 Å². The van der Waals surface area contributed by atoms with Gasteiger partial charge < -0.3 is 0 Å². The Kier molecular flexibility index (Phi) is 4.96. The molecule has 0 amide bonds. The number of nitrogens with zero attached hydrogens (tertiary/aromatic N) is 2. The van der Waals surface area contributed by atoms with E-state index in [2.05, 4.69) is 25.9 Å². The summed E-state index contributed by atoms with van der Waals surface area (Å²) >= 11 is 11.0. The van der Waals surface area contributed by atoms with Crippen LogP contribution in [0, 0.1) is 0 Å². The fourth-order valence-corrected chi connectivity index (χ4v) is 2.82. The van der Waals surface area contributed by atoms with E-state index in [1.807, 2.05) is 26.2 Å². The molecule has 2 heterocycles. The van der Waals surface area contributed by atoms with E-state index in [-0.39, 0.29) is 0 Å². The summed E-state index contributed by atoms with van der Waals surface area (Å²) in [5.74, 6) is 0.789. The largest absolute Gasteiger partial charge is 0.231 e.